The zero-order valence-electron chi connectivity index (χ0n) is 26.0. The van der Waals surface area contributed by atoms with E-state index in [9.17, 15) is 0 Å². The first-order chi connectivity index (χ1) is 20.2. The predicted molar refractivity (Wildman–Crippen MR) is 181 cm³/mol. The van der Waals surface area contributed by atoms with Crippen LogP contribution in [-0.2, 0) is 12.8 Å². The summed E-state index contributed by atoms with van der Waals surface area (Å²) in [5.41, 5.74) is 13.1. The summed E-state index contributed by atoms with van der Waals surface area (Å²) in [6.07, 6.45) is 14.1. The molecule has 2 nitrogen and oxygen atoms in total. The minimum Gasteiger partial charge on any atom is -0.381 e. The molecular formula is C40H46N2. The van der Waals surface area contributed by atoms with E-state index < -0.39 is 0 Å². The summed E-state index contributed by atoms with van der Waals surface area (Å²) in [6, 6.07) is 26.5. The Balaban J connectivity index is 1.42. The third-order valence-electron chi connectivity index (χ3n) is 8.19. The molecule has 0 aliphatic carbocycles. The van der Waals surface area contributed by atoms with Gasteiger partial charge < -0.3 is 10.6 Å². The molecule has 2 aliphatic rings. The molecule has 0 saturated heterocycles. The van der Waals surface area contributed by atoms with Crippen LogP contribution in [0.5, 0.6) is 0 Å². The van der Waals surface area contributed by atoms with Crippen molar-refractivity contribution in [1.82, 2.24) is 10.6 Å². The van der Waals surface area contributed by atoms with Crippen LogP contribution in [0.15, 0.2) is 127 Å². The highest BCUT2D eigenvalue weighted by atomic mass is 14.9. The molecule has 1 unspecified atom stereocenters. The second kappa shape index (κ2) is 12.9. The Labute approximate surface area is 253 Å². The largest absolute Gasteiger partial charge is 0.381 e. The average molecular weight is 555 g/mol. The molecule has 0 spiro atoms. The molecule has 0 saturated carbocycles. The highest BCUT2D eigenvalue weighted by Gasteiger charge is 2.22. The molecule has 2 aliphatic heterocycles. The molecule has 216 valence electrons. The van der Waals surface area contributed by atoms with E-state index >= 15 is 0 Å². The van der Waals surface area contributed by atoms with Gasteiger partial charge in [-0.3, -0.25) is 0 Å². The number of benzene rings is 3. The zero-order valence-corrected chi connectivity index (χ0v) is 26.0. The minimum atomic E-state index is 0.0912. The Morgan fingerprint density at radius 1 is 0.881 bits per heavy atom. The fraction of sp³-hybridized carbons (Fsp3) is 0.300. The Hall–Kier alpha value is -4.04. The lowest BCUT2D eigenvalue weighted by Crippen LogP contribution is -2.22. The van der Waals surface area contributed by atoms with E-state index in [1.807, 2.05) is 0 Å². The van der Waals surface area contributed by atoms with Crippen LogP contribution in [0.2, 0.25) is 0 Å². The van der Waals surface area contributed by atoms with Crippen LogP contribution >= 0.6 is 0 Å². The SMILES string of the molecule is C=C(Cc1ccccc1C1=CC=C(CC(C)C)CN1)Cc1ccc(-c2ccccc2)cc1C1C=C(C(C)(C)C)C=CN1. The van der Waals surface area contributed by atoms with Crippen molar-refractivity contribution in [3.63, 3.8) is 0 Å². The highest BCUT2D eigenvalue weighted by Crippen LogP contribution is 2.35. The van der Waals surface area contributed by atoms with Crippen molar-refractivity contribution in [3.05, 3.63) is 149 Å². The standard InChI is InChI=1S/C40H46N2/c1-28(2)22-30-16-19-38(42-27-30)36-15-11-10-14-33(36)23-29(3)24-34-18-17-32(31-12-8-7-9-13-31)25-37(34)39-26-35(20-21-41-39)40(4,5)6/h7-21,25-26,28,39,41-42H,3,22-24,27H2,1-2,4-6H3. The normalized spacial score (nSPS) is 16.7. The van der Waals surface area contributed by atoms with Crippen LogP contribution in [0, 0.1) is 11.3 Å². The molecule has 2 N–H and O–H groups in total. The van der Waals surface area contributed by atoms with Gasteiger partial charge in [0.25, 0.3) is 0 Å². The maximum absolute atomic E-state index is 4.60. The molecule has 0 radical (unpaired) electrons. The van der Waals surface area contributed by atoms with Crippen molar-refractivity contribution in [1.29, 1.82) is 0 Å². The summed E-state index contributed by atoms with van der Waals surface area (Å²) in [5.74, 6) is 0.672. The van der Waals surface area contributed by atoms with Crippen molar-refractivity contribution >= 4 is 5.70 Å². The van der Waals surface area contributed by atoms with E-state index in [0.717, 1.165) is 25.8 Å². The smallest absolute Gasteiger partial charge is 0.0701 e. The van der Waals surface area contributed by atoms with Gasteiger partial charge >= 0.3 is 0 Å². The van der Waals surface area contributed by atoms with Gasteiger partial charge in [-0.05, 0) is 88.4 Å². The molecule has 2 heterocycles. The van der Waals surface area contributed by atoms with Crippen LogP contribution in [-0.4, -0.2) is 6.54 Å². The Morgan fingerprint density at radius 2 is 1.62 bits per heavy atom. The van der Waals surface area contributed by atoms with Gasteiger partial charge in [0, 0.05) is 17.8 Å². The van der Waals surface area contributed by atoms with Crippen molar-refractivity contribution in [2.75, 3.05) is 6.54 Å². The van der Waals surface area contributed by atoms with E-state index in [1.165, 1.54) is 55.8 Å². The lowest BCUT2D eigenvalue weighted by molar-refractivity contribution is 0.505. The van der Waals surface area contributed by atoms with Crippen molar-refractivity contribution < 1.29 is 0 Å². The zero-order chi connectivity index (χ0) is 29.7. The van der Waals surface area contributed by atoms with Crippen LogP contribution in [0.4, 0.5) is 0 Å². The number of rotatable bonds is 9. The number of hydrogen-bond donors (Lipinski definition) is 2. The van der Waals surface area contributed by atoms with Crippen LogP contribution < -0.4 is 10.6 Å². The third-order valence-corrected chi connectivity index (χ3v) is 8.19. The van der Waals surface area contributed by atoms with Gasteiger partial charge in [-0.15, -0.1) is 0 Å². The van der Waals surface area contributed by atoms with Crippen LogP contribution in [0.25, 0.3) is 16.8 Å². The van der Waals surface area contributed by atoms with E-state index in [-0.39, 0.29) is 11.5 Å². The highest BCUT2D eigenvalue weighted by molar-refractivity contribution is 5.70. The molecule has 1 atom stereocenters. The number of hydrogen-bond acceptors (Lipinski definition) is 2. The van der Waals surface area contributed by atoms with Gasteiger partial charge in [-0.2, -0.15) is 0 Å². The first-order valence-electron chi connectivity index (χ1n) is 15.4. The average Bonchev–Trinajstić information content (AvgIpc) is 2.98. The Kier molecular flexibility index (Phi) is 9.02. The summed E-state index contributed by atoms with van der Waals surface area (Å²) in [7, 11) is 0. The lowest BCUT2D eigenvalue weighted by Gasteiger charge is -2.28. The van der Waals surface area contributed by atoms with Gasteiger partial charge in [0.1, 0.15) is 0 Å². The summed E-state index contributed by atoms with van der Waals surface area (Å²) in [5, 5.41) is 7.33. The molecule has 0 aromatic heterocycles. The molecule has 3 aromatic rings. The van der Waals surface area contributed by atoms with Crippen LogP contribution in [0.1, 0.15) is 69.3 Å². The van der Waals surface area contributed by atoms with Crippen molar-refractivity contribution in [2.45, 2.75) is 59.9 Å². The Morgan fingerprint density at radius 3 is 2.33 bits per heavy atom. The van der Waals surface area contributed by atoms with E-state index in [0.29, 0.717) is 5.92 Å². The minimum absolute atomic E-state index is 0.0912. The van der Waals surface area contributed by atoms with Gasteiger partial charge in [-0.25, -0.2) is 0 Å². The monoisotopic (exact) mass is 554 g/mol. The van der Waals surface area contributed by atoms with Gasteiger partial charge in [0.2, 0.25) is 0 Å². The van der Waals surface area contributed by atoms with Gasteiger partial charge in [-0.1, -0.05) is 131 Å². The molecule has 0 bridgehead atoms. The molecule has 2 heteroatoms. The quantitative estimate of drug-likeness (QED) is 0.257. The number of allylic oxidation sites excluding steroid dienone is 5. The fourth-order valence-corrected chi connectivity index (χ4v) is 5.98. The molecular weight excluding hydrogens is 508 g/mol. The van der Waals surface area contributed by atoms with Crippen LogP contribution in [0.3, 0.4) is 0 Å². The van der Waals surface area contributed by atoms with E-state index in [1.54, 1.807) is 0 Å². The summed E-state index contributed by atoms with van der Waals surface area (Å²) < 4.78 is 0. The van der Waals surface area contributed by atoms with Gasteiger partial charge in [0.15, 0.2) is 0 Å². The van der Waals surface area contributed by atoms with Crippen molar-refractivity contribution in [2.24, 2.45) is 11.3 Å². The number of nitrogens with one attached hydrogen (secondary N) is 2. The topological polar surface area (TPSA) is 24.1 Å². The van der Waals surface area contributed by atoms with E-state index in [4.69, 9.17) is 0 Å². The lowest BCUT2D eigenvalue weighted by atomic mass is 9.82. The summed E-state index contributed by atoms with van der Waals surface area (Å²) in [6.45, 7) is 16.9. The number of dihydropyridines is 2. The first-order valence-corrected chi connectivity index (χ1v) is 15.4. The molecule has 0 amide bonds. The third kappa shape index (κ3) is 7.23. The summed E-state index contributed by atoms with van der Waals surface area (Å²) >= 11 is 0. The molecule has 5 rings (SSSR count). The maximum atomic E-state index is 4.60. The molecule has 0 fully saturated rings. The van der Waals surface area contributed by atoms with Crippen molar-refractivity contribution in [3.8, 4) is 11.1 Å². The van der Waals surface area contributed by atoms with E-state index in [2.05, 4.69) is 155 Å². The first kappa shape index (κ1) is 29.5. The summed E-state index contributed by atoms with van der Waals surface area (Å²) in [4.78, 5) is 0. The molecule has 3 aromatic carbocycles. The van der Waals surface area contributed by atoms with Gasteiger partial charge in [0.05, 0.1) is 6.04 Å². The molecule has 42 heavy (non-hydrogen) atoms. The maximum Gasteiger partial charge on any atom is 0.0701 e. The second-order valence-corrected chi connectivity index (χ2v) is 13.2. The second-order valence-electron chi connectivity index (χ2n) is 13.2. The fourth-order valence-electron chi connectivity index (χ4n) is 5.98. The Bertz CT molecular complexity index is 1540. The predicted octanol–water partition coefficient (Wildman–Crippen LogP) is 9.74.